The van der Waals surface area contributed by atoms with Gasteiger partial charge in [-0.15, -0.1) is 0 Å². The monoisotopic (exact) mass is 339 g/mol. The van der Waals surface area contributed by atoms with Gasteiger partial charge in [0.05, 0.1) is 25.7 Å². The molecule has 0 unspecified atom stereocenters. The Morgan fingerprint density at radius 3 is 2.67 bits per heavy atom. The standard InChI is InChI=1S/C18H23F2NO3/c19-16-2-1-13(9-17(16)20)10-18(22)21-6-3-15(4-7-21)24-12-14-5-8-23-11-14/h1-2,9,14-15H,3-8,10-12H2/t14-/m1/s1. The van der Waals surface area contributed by atoms with Gasteiger partial charge >= 0.3 is 0 Å². The average Bonchev–Trinajstić information content (AvgIpc) is 3.10. The largest absolute Gasteiger partial charge is 0.381 e. The Hall–Kier alpha value is -1.53. The van der Waals surface area contributed by atoms with E-state index in [1.807, 2.05) is 0 Å². The van der Waals surface area contributed by atoms with Gasteiger partial charge in [-0.1, -0.05) is 6.07 Å². The predicted molar refractivity (Wildman–Crippen MR) is 84.5 cm³/mol. The third-order valence-electron chi connectivity index (χ3n) is 4.73. The van der Waals surface area contributed by atoms with Crippen molar-refractivity contribution in [3.63, 3.8) is 0 Å². The van der Waals surface area contributed by atoms with E-state index >= 15 is 0 Å². The number of likely N-dealkylation sites (tertiary alicyclic amines) is 1. The summed E-state index contributed by atoms with van der Waals surface area (Å²) >= 11 is 0. The molecule has 0 aromatic heterocycles. The molecule has 0 aliphatic carbocycles. The van der Waals surface area contributed by atoms with E-state index in [1.54, 1.807) is 4.90 Å². The zero-order valence-corrected chi connectivity index (χ0v) is 13.7. The van der Waals surface area contributed by atoms with Crippen LogP contribution >= 0.6 is 0 Å². The summed E-state index contributed by atoms with van der Waals surface area (Å²) in [6.07, 6.45) is 2.99. The van der Waals surface area contributed by atoms with E-state index in [0.29, 0.717) is 24.6 Å². The smallest absolute Gasteiger partial charge is 0.226 e. The summed E-state index contributed by atoms with van der Waals surface area (Å²) in [7, 11) is 0. The summed E-state index contributed by atoms with van der Waals surface area (Å²) in [6.45, 7) is 3.63. The van der Waals surface area contributed by atoms with Crippen molar-refractivity contribution in [2.45, 2.75) is 31.8 Å². The molecule has 0 saturated carbocycles. The molecule has 0 bridgehead atoms. The molecule has 1 aromatic rings. The van der Waals surface area contributed by atoms with Crippen molar-refractivity contribution in [3.8, 4) is 0 Å². The van der Waals surface area contributed by atoms with Crippen molar-refractivity contribution in [1.29, 1.82) is 0 Å². The normalized spacial score (nSPS) is 22.1. The Balaban J connectivity index is 1.42. The van der Waals surface area contributed by atoms with Gasteiger partial charge < -0.3 is 14.4 Å². The van der Waals surface area contributed by atoms with Crippen LogP contribution in [0.1, 0.15) is 24.8 Å². The second-order valence-electron chi connectivity index (χ2n) is 6.57. The van der Waals surface area contributed by atoms with Gasteiger partial charge in [-0.25, -0.2) is 8.78 Å². The quantitative estimate of drug-likeness (QED) is 0.828. The van der Waals surface area contributed by atoms with Crippen molar-refractivity contribution in [2.24, 2.45) is 5.92 Å². The molecule has 6 heteroatoms. The van der Waals surface area contributed by atoms with Crippen molar-refractivity contribution < 1.29 is 23.0 Å². The molecule has 0 N–H and O–H groups in total. The molecule has 2 aliphatic rings. The van der Waals surface area contributed by atoms with E-state index in [2.05, 4.69) is 0 Å². The SMILES string of the molecule is O=C(Cc1ccc(F)c(F)c1)N1CCC(OC[C@@H]2CCOC2)CC1. The number of piperidine rings is 1. The molecule has 1 amide bonds. The first kappa shape index (κ1) is 17.3. The van der Waals surface area contributed by atoms with Crippen molar-refractivity contribution in [2.75, 3.05) is 32.9 Å². The highest BCUT2D eigenvalue weighted by atomic mass is 19.2. The fraction of sp³-hybridized carbons (Fsp3) is 0.611. The lowest BCUT2D eigenvalue weighted by Gasteiger charge is -2.32. The molecule has 2 fully saturated rings. The van der Waals surface area contributed by atoms with Crippen LogP contribution < -0.4 is 0 Å². The van der Waals surface area contributed by atoms with Gasteiger partial charge in [-0.3, -0.25) is 4.79 Å². The first-order chi connectivity index (χ1) is 11.6. The molecule has 4 nitrogen and oxygen atoms in total. The first-order valence-corrected chi connectivity index (χ1v) is 8.53. The number of nitrogens with zero attached hydrogens (tertiary/aromatic N) is 1. The summed E-state index contributed by atoms with van der Waals surface area (Å²) in [5.41, 5.74) is 0.499. The Bertz CT molecular complexity index is 567. The minimum atomic E-state index is -0.914. The number of hydrogen-bond acceptors (Lipinski definition) is 3. The Kier molecular flexibility index (Phi) is 5.79. The van der Waals surface area contributed by atoms with Crippen molar-refractivity contribution in [3.05, 3.63) is 35.4 Å². The van der Waals surface area contributed by atoms with Crippen LogP contribution in [0.5, 0.6) is 0 Å². The fourth-order valence-electron chi connectivity index (χ4n) is 3.19. The summed E-state index contributed by atoms with van der Waals surface area (Å²) in [6, 6.07) is 3.60. The maximum atomic E-state index is 13.2. The second-order valence-corrected chi connectivity index (χ2v) is 6.57. The molecule has 132 valence electrons. The van der Waals surface area contributed by atoms with E-state index in [1.165, 1.54) is 6.07 Å². The zero-order valence-electron chi connectivity index (χ0n) is 13.7. The first-order valence-electron chi connectivity index (χ1n) is 8.53. The lowest BCUT2D eigenvalue weighted by Crippen LogP contribution is -2.42. The lowest BCUT2D eigenvalue weighted by atomic mass is 10.1. The number of ether oxygens (including phenoxy) is 2. The number of benzene rings is 1. The van der Waals surface area contributed by atoms with Gasteiger partial charge in [-0.05, 0) is 37.0 Å². The van der Waals surface area contributed by atoms with E-state index in [0.717, 1.165) is 51.2 Å². The van der Waals surface area contributed by atoms with E-state index in [9.17, 15) is 13.6 Å². The molecular formula is C18H23F2NO3. The number of amides is 1. The minimum absolute atomic E-state index is 0.0522. The van der Waals surface area contributed by atoms with Crippen molar-refractivity contribution >= 4 is 5.91 Å². The third kappa shape index (κ3) is 4.51. The molecule has 0 spiro atoms. The predicted octanol–water partition coefficient (Wildman–Crippen LogP) is 2.55. The van der Waals surface area contributed by atoms with Crippen molar-refractivity contribution in [1.82, 2.24) is 4.90 Å². The molecule has 3 rings (SSSR count). The maximum Gasteiger partial charge on any atom is 0.226 e. The molecule has 1 atom stereocenters. The average molecular weight is 339 g/mol. The Morgan fingerprint density at radius 1 is 1.21 bits per heavy atom. The minimum Gasteiger partial charge on any atom is -0.381 e. The number of rotatable bonds is 5. The Morgan fingerprint density at radius 2 is 2.00 bits per heavy atom. The van der Waals surface area contributed by atoms with Crippen LogP contribution in [0.15, 0.2) is 18.2 Å². The van der Waals surface area contributed by atoms with Crippen LogP contribution in [0, 0.1) is 17.6 Å². The molecular weight excluding hydrogens is 316 g/mol. The lowest BCUT2D eigenvalue weighted by molar-refractivity contribution is -0.133. The zero-order chi connectivity index (χ0) is 16.9. The van der Waals surface area contributed by atoms with Gasteiger partial charge in [0.15, 0.2) is 11.6 Å². The van der Waals surface area contributed by atoms with Crippen LogP contribution in [0.4, 0.5) is 8.78 Å². The maximum absolute atomic E-state index is 13.2. The van der Waals surface area contributed by atoms with Crippen LogP contribution in [0.3, 0.4) is 0 Å². The molecule has 0 radical (unpaired) electrons. The topological polar surface area (TPSA) is 38.8 Å². The van der Waals surface area contributed by atoms with Crippen LogP contribution in [-0.4, -0.2) is 49.8 Å². The van der Waals surface area contributed by atoms with Gasteiger partial charge in [0.2, 0.25) is 5.91 Å². The second kappa shape index (κ2) is 8.03. The van der Waals surface area contributed by atoms with E-state index < -0.39 is 11.6 Å². The molecule has 2 heterocycles. The highest BCUT2D eigenvalue weighted by Gasteiger charge is 2.25. The van der Waals surface area contributed by atoms with Gasteiger partial charge in [0, 0.05) is 25.6 Å². The number of halogens is 2. The van der Waals surface area contributed by atoms with Crippen LogP contribution in [-0.2, 0) is 20.7 Å². The summed E-state index contributed by atoms with van der Waals surface area (Å²) in [5.74, 6) is -1.36. The van der Waals surface area contributed by atoms with Gasteiger partial charge in [0.25, 0.3) is 0 Å². The summed E-state index contributed by atoms with van der Waals surface area (Å²) in [5, 5.41) is 0. The number of hydrogen-bond donors (Lipinski definition) is 0. The van der Waals surface area contributed by atoms with Gasteiger partial charge in [0.1, 0.15) is 0 Å². The molecule has 2 saturated heterocycles. The summed E-state index contributed by atoms with van der Waals surface area (Å²) < 4.78 is 37.4. The highest BCUT2D eigenvalue weighted by Crippen LogP contribution is 2.19. The number of carbonyl (C=O) groups is 1. The Labute approximate surface area is 140 Å². The highest BCUT2D eigenvalue weighted by molar-refractivity contribution is 5.78. The molecule has 1 aromatic carbocycles. The third-order valence-corrected chi connectivity index (χ3v) is 4.73. The number of carbonyl (C=O) groups excluding carboxylic acids is 1. The summed E-state index contributed by atoms with van der Waals surface area (Å²) in [4.78, 5) is 14.1. The van der Waals surface area contributed by atoms with Crippen LogP contribution in [0.25, 0.3) is 0 Å². The van der Waals surface area contributed by atoms with Crippen LogP contribution in [0.2, 0.25) is 0 Å². The van der Waals surface area contributed by atoms with E-state index in [-0.39, 0.29) is 18.4 Å². The van der Waals surface area contributed by atoms with Gasteiger partial charge in [-0.2, -0.15) is 0 Å². The molecule has 24 heavy (non-hydrogen) atoms. The van der Waals surface area contributed by atoms with E-state index in [4.69, 9.17) is 9.47 Å². The fourth-order valence-corrected chi connectivity index (χ4v) is 3.19. The molecule has 2 aliphatic heterocycles.